The van der Waals surface area contributed by atoms with Gasteiger partial charge in [-0.3, -0.25) is 0 Å². The molecule has 1 saturated heterocycles. The summed E-state index contributed by atoms with van der Waals surface area (Å²) in [6, 6.07) is 8.26. The molecule has 1 heterocycles. The van der Waals surface area contributed by atoms with E-state index >= 15 is 0 Å². The second-order valence-corrected chi connectivity index (χ2v) is 10.1. The Morgan fingerprint density at radius 1 is 1.29 bits per heavy atom. The molecule has 0 bridgehead atoms. The molecule has 1 aliphatic heterocycles. The van der Waals surface area contributed by atoms with Gasteiger partial charge in [-0.25, -0.2) is 8.42 Å². The van der Waals surface area contributed by atoms with Crippen LogP contribution in [-0.2, 0) is 9.84 Å². The molecule has 1 aromatic rings. The van der Waals surface area contributed by atoms with Crippen LogP contribution in [0.4, 0.5) is 0 Å². The maximum absolute atomic E-state index is 11.8. The standard InChI is InChI=1S/C16H24BrNO2S/c1-16(2,3)18-10-15(12-4-6-14(17)7-5-12)13-8-9-21(19,20)11-13/h4-7,13,15,18H,8-11H2,1-3H3. The van der Waals surface area contributed by atoms with Crippen molar-refractivity contribution in [3.63, 3.8) is 0 Å². The normalized spacial score (nSPS) is 23.1. The highest BCUT2D eigenvalue weighted by Gasteiger charge is 2.34. The summed E-state index contributed by atoms with van der Waals surface area (Å²) in [5, 5.41) is 3.53. The Balaban J connectivity index is 2.20. The first-order valence-electron chi connectivity index (χ1n) is 7.37. The molecule has 2 atom stereocenters. The van der Waals surface area contributed by atoms with Gasteiger partial charge in [0.2, 0.25) is 0 Å². The van der Waals surface area contributed by atoms with Crippen LogP contribution in [0.15, 0.2) is 28.7 Å². The molecule has 0 amide bonds. The number of rotatable bonds is 4. The average Bonchev–Trinajstić information content (AvgIpc) is 2.71. The van der Waals surface area contributed by atoms with Crippen molar-refractivity contribution in [2.75, 3.05) is 18.1 Å². The Morgan fingerprint density at radius 2 is 1.90 bits per heavy atom. The van der Waals surface area contributed by atoms with Crippen LogP contribution in [0.2, 0.25) is 0 Å². The van der Waals surface area contributed by atoms with Crippen LogP contribution in [-0.4, -0.2) is 32.0 Å². The van der Waals surface area contributed by atoms with Crippen LogP contribution < -0.4 is 5.32 Å². The second-order valence-electron chi connectivity index (χ2n) is 6.95. The molecule has 1 N–H and O–H groups in total. The van der Waals surface area contributed by atoms with E-state index in [-0.39, 0.29) is 17.4 Å². The minimum absolute atomic E-state index is 0.0328. The van der Waals surface area contributed by atoms with Crippen molar-refractivity contribution in [2.45, 2.75) is 38.6 Å². The fourth-order valence-electron chi connectivity index (χ4n) is 2.82. The first-order chi connectivity index (χ1) is 9.66. The highest BCUT2D eigenvalue weighted by Crippen LogP contribution is 2.33. The summed E-state index contributed by atoms with van der Waals surface area (Å²) in [7, 11) is -2.85. The molecule has 2 unspecified atom stereocenters. The summed E-state index contributed by atoms with van der Waals surface area (Å²) < 4.78 is 24.7. The Kier molecular flexibility index (Phi) is 5.16. The van der Waals surface area contributed by atoms with E-state index in [2.05, 4.69) is 54.2 Å². The lowest BCUT2D eigenvalue weighted by atomic mass is 9.85. The molecule has 0 aliphatic carbocycles. The average molecular weight is 374 g/mol. The lowest BCUT2D eigenvalue weighted by Crippen LogP contribution is -2.40. The Labute approximate surface area is 136 Å². The van der Waals surface area contributed by atoms with Gasteiger partial charge in [-0.05, 0) is 50.8 Å². The van der Waals surface area contributed by atoms with E-state index in [0.717, 1.165) is 17.4 Å². The molecule has 0 spiro atoms. The minimum Gasteiger partial charge on any atom is -0.311 e. The zero-order valence-corrected chi connectivity index (χ0v) is 15.3. The van der Waals surface area contributed by atoms with Gasteiger partial charge in [-0.2, -0.15) is 0 Å². The lowest BCUT2D eigenvalue weighted by Gasteiger charge is -2.29. The van der Waals surface area contributed by atoms with Crippen molar-refractivity contribution >= 4 is 25.8 Å². The molecule has 2 rings (SSSR count). The van der Waals surface area contributed by atoms with Gasteiger partial charge in [0.15, 0.2) is 9.84 Å². The van der Waals surface area contributed by atoms with E-state index in [1.807, 2.05) is 12.1 Å². The maximum atomic E-state index is 11.8. The number of nitrogens with one attached hydrogen (secondary N) is 1. The zero-order valence-electron chi connectivity index (χ0n) is 12.9. The van der Waals surface area contributed by atoms with E-state index in [1.54, 1.807) is 0 Å². The third-order valence-corrected chi connectivity index (χ3v) is 6.31. The summed E-state index contributed by atoms with van der Waals surface area (Å²) in [5.41, 5.74) is 1.25. The molecule has 0 aromatic heterocycles. The third kappa shape index (κ3) is 5.08. The van der Waals surface area contributed by atoms with Crippen LogP contribution in [0.3, 0.4) is 0 Å². The summed E-state index contributed by atoms with van der Waals surface area (Å²) in [4.78, 5) is 0. The Bertz CT molecular complexity index is 575. The van der Waals surface area contributed by atoms with Crippen LogP contribution in [0, 0.1) is 5.92 Å². The lowest BCUT2D eigenvalue weighted by molar-refractivity contribution is 0.363. The van der Waals surface area contributed by atoms with Crippen molar-refractivity contribution in [3.05, 3.63) is 34.3 Å². The topological polar surface area (TPSA) is 46.2 Å². The van der Waals surface area contributed by atoms with Gasteiger partial charge in [-0.1, -0.05) is 28.1 Å². The fourth-order valence-corrected chi connectivity index (χ4v) is 4.97. The van der Waals surface area contributed by atoms with Crippen molar-refractivity contribution in [2.24, 2.45) is 5.92 Å². The van der Waals surface area contributed by atoms with E-state index < -0.39 is 9.84 Å². The van der Waals surface area contributed by atoms with Gasteiger partial charge in [0.25, 0.3) is 0 Å². The molecule has 0 saturated carbocycles. The number of benzene rings is 1. The molecule has 5 heteroatoms. The van der Waals surface area contributed by atoms with Gasteiger partial charge < -0.3 is 5.32 Å². The van der Waals surface area contributed by atoms with Gasteiger partial charge in [0.1, 0.15) is 0 Å². The Morgan fingerprint density at radius 3 is 2.38 bits per heavy atom. The van der Waals surface area contributed by atoms with Crippen LogP contribution in [0.5, 0.6) is 0 Å². The molecule has 21 heavy (non-hydrogen) atoms. The number of hydrogen-bond acceptors (Lipinski definition) is 3. The molecule has 118 valence electrons. The largest absolute Gasteiger partial charge is 0.311 e. The van der Waals surface area contributed by atoms with Gasteiger partial charge >= 0.3 is 0 Å². The van der Waals surface area contributed by atoms with Crippen molar-refractivity contribution in [1.29, 1.82) is 0 Å². The molecule has 1 fully saturated rings. The number of sulfone groups is 1. The number of halogens is 1. The first kappa shape index (κ1) is 17.0. The van der Waals surface area contributed by atoms with E-state index in [0.29, 0.717) is 11.5 Å². The zero-order chi connectivity index (χ0) is 15.7. The molecular formula is C16H24BrNO2S. The van der Waals surface area contributed by atoms with Crippen LogP contribution >= 0.6 is 15.9 Å². The molecular weight excluding hydrogens is 350 g/mol. The monoisotopic (exact) mass is 373 g/mol. The van der Waals surface area contributed by atoms with Crippen molar-refractivity contribution in [1.82, 2.24) is 5.32 Å². The molecule has 0 radical (unpaired) electrons. The first-order valence-corrected chi connectivity index (χ1v) is 9.99. The van der Waals surface area contributed by atoms with Crippen molar-refractivity contribution in [3.8, 4) is 0 Å². The summed E-state index contributed by atoms with van der Waals surface area (Å²) in [6.45, 7) is 7.22. The van der Waals surface area contributed by atoms with E-state index in [1.165, 1.54) is 5.56 Å². The summed E-state index contributed by atoms with van der Waals surface area (Å²) in [6.07, 6.45) is 0.773. The maximum Gasteiger partial charge on any atom is 0.150 e. The Hall–Kier alpha value is -0.390. The summed E-state index contributed by atoms with van der Waals surface area (Å²) >= 11 is 3.46. The van der Waals surface area contributed by atoms with Gasteiger partial charge in [0.05, 0.1) is 11.5 Å². The van der Waals surface area contributed by atoms with Gasteiger partial charge in [0, 0.05) is 22.5 Å². The number of hydrogen-bond donors (Lipinski definition) is 1. The minimum atomic E-state index is -2.85. The summed E-state index contributed by atoms with van der Waals surface area (Å²) in [5.74, 6) is 1.11. The predicted octanol–water partition coefficient (Wildman–Crippen LogP) is 3.36. The molecule has 3 nitrogen and oxygen atoms in total. The fraction of sp³-hybridized carbons (Fsp3) is 0.625. The van der Waals surface area contributed by atoms with E-state index in [9.17, 15) is 8.42 Å². The van der Waals surface area contributed by atoms with E-state index in [4.69, 9.17) is 0 Å². The SMILES string of the molecule is CC(C)(C)NCC(c1ccc(Br)cc1)C1CCS(=O)(=O)C1. The second kappa shape index (κ2) is 6.39. The smallest absolute Gasteiger partial charge is 0.150 e. The van der Waals surface area contributed by atoms with Crippen LogP contribution in [0.1, 0.15) is 38.7 Å². The predicted molar refractivity (Wildman–Crippen MR) is 91.4 cm³/mol. The molecule has 1 aromatic carbocycles. The molecule has 1 aliphatic rings. The highest BCUT2D eigenvalue weighted by atomic mass is 79.9. The van der Waals surface area contributed by atoms with Crippen molar-refractivity contribution < 1.29 is 8.42 Å². The van der Waals surface area contributed by atoms with Gasteiger partial charge in [-0.15, -0.1) is 0 Å². The quantitative estimate of drug-likeness (QED) is 0.879. The highest BCUT2D eigenvalue weighted by molar-refractivity contribution is 9.10. The third-order valence-electron chi connectivity index (χ3n) is 3.99. The van der Waals surface area contributed by atoms with Crippen LogP contribution in [0.25, 0.3) is 0 Å².